The number of halogens is 1. The van der Waals surface area contributed by atoms with Gasteiger partial charge in [0.05, 0.1) is 12.6 Å². The minimum Gasteiger partial charge on any atom is -0.493 e. The number of carbonyl (C=O) groups excluding carboxylic acids is 1. The third-order valence-corrected chi connectivity index (χ3v) is 3.15. The van der Waals surface area contributed by atoms with Crippen LogP contribution in [0.4, 0.5) is 0 Å². The molecule has 17 heavy (non-hydrogen) atoms. The summed E-state index contributed by atoms with van der Waals surface area (Å²) in [6, 6.07) is 3.53. The number of rotatable bonds is 3. The van der Waals surface area contributed by atoms with Crippen LogP contribution in [0, 0.1) is 0 Å². The number of nitrogens with one attached hydrogen (secondary N) is 1. The van der Waals surface area contributed by atoms with Crippen molar-refractivity contribution >= 4 is 21.8 Å². The van der Waals surface area contributed by atoms with Crippen LogP contribution in [0.3, 0.4) is 0 Å². The van der Waals surface area contributed by atoms with Crippen LogP contribution in [0.25, 0.3) is 0 Å². The zero-order valence-electron chi connectivity index (χ0n) is 9.63. The van der Waals surface area contributed by atoms with Crippen molar-refractivity contribution in [2.75, 3.05) is 6.61 Å². The van der Waals surface area contributed by atoms with Gasteiger partial charge in [-0.3, -0.25) is 4.79 Å². The van der Waals surface area contributed by atoms with E-state index >= 15 is 0 Å². The number of amides is 1. The third kappa shape index (κ3) is 2.79. The Balaban J connectivity index is 2.13. The summed E-state index contributed by atoms with van der Waals surface area (Å²) in [5.74, 6) is 0.745. The summed E-state index contributed by atoms with van der Waals surface area (Å²) in [4.78, 5) is 11.4. The normalized spacial score (nSPS) is 15.0. The predicted molar refractivity (Wildman–Crippen MR) is 68.8 cm³/mol. The largest absolute Gasteiger partial charge is 0.493 e. The van der Waals surface area contributed by atoms with E-state index in [0.29, 0.717) is 13.2 Å². The van der Waals surface area contributed by atoms with E-state index in [0.717, 1.165) is 22.2 Å². The molecule has 1 aliphatic heterocycles. The summed E-state index contributed by atoms with van der Waals surface area (Å²) in [7, 11) is 0. The minimum atomic E-state index is -0.490. The van der Waals surface area contributed by atoms with E-state index in [9.17, 15) is 4.79 Å². The van der Waals surface area contributed by atoms with Crippen LogP contribution in [0.15, 0.2) is 16.6 Å². The average Bonchev–Trinajstić information content (AvgIpc) is 2.72. The van der Waals surface area contributed by atoms with Crippen LogP contribution < -0.4 is 15.8 Å². The van der Waals surface area contributed by atoms with Gasteiger partial charge in [0.1, 0.15) is 5.75 Å². The smallest absolute Gasteiger partial charge is 0.236 e. The van der Waals surface area contributed by atoms with Crippen LogP contribution >= 0.6 is 15.9 Å². The van der Waals surface area contributed by atoms with Crippen molar-refractivity contribution in [1.29, 1.82) is 0 Å². The number of ether oxygens (including phenoxy) is 1. The molecule has 0 aromatic heterocycles. The Labute approximate surface area is 109 Å². The fourth-order valence-electron chi connectivity index (χ4n) is 1.82. The standard InChI is InChI=1S/C12H15BrN2O2/c1-7(14)12(16)15-6-9-5-10(13)4-8-2-3-17-11(8)9/h4-5,7H,2-3,6,14H2,1H3,(H,15,16)/t7-/m1/s1. The van der Waals surface area contributed by atoms with Crippen LogP contribution in [0.2, 0.25) is 0 Å². The van der Waals surface area contributed by atoms with Gasteiger partial charge in [0.15, 0.2) is 0 Å². The molecular formula is C12H15BrN2O2. The Kier molecular flexibility index (Phi) is 3.69. The summed E-state index contributed by atoms with van der Waals surface area (Å²) >= 11 is 3.46. The van der Waals surface area contributed by atoms with Crippen molar-refractivity contribution in [3.8, 4) is 5.75 Å². The van der Waals surface area contributed by atoms with Gasteiger partial charge in [0, 0.05) is 23.0 Å². The molecule has 1 atom stereocenters. The SMILES string of the molecule is C[C@@H](N)C(=O)NCc1cc(Br)cc2c1OCC2. The van der Waals surface area contributed by atoms with Crippen LogP contribution in [0.5, 0.6) is 5.75 Å². The zero-order valence-corrected chi connectivity index (χ0v) is 11.2. The van der Waals surface area contributed by atoms with Gasteiger partial charge in [0.2, 0.25) is 5.91 Å². The molecule has 0 unspecified atom stereocenters. The second-order valence-corrected chi connectivity index (χ2v) is 5.07. The van der Waals surface area contributed by atoms with Crippen molar-refractivity contribution in [3.05, 3.63) is 27.7 Å². The van der Waals surface area contributed by atoms with E-state index in [-0.39, 0.29) is 5.91 Å². The second-order valence-electron chi connectivity index (χ2n) is 4.16. The monoisotopic (exact) mass is 298 g/mol. The molecule has 0 saturated heterocycles. The van der Waals surface area contributed by atoms with Gasteiger partial charge in [0.25, 0.3) is 0 Å². The molecule has 1 heterocycles. The molecule has 1 aromatic carbocycles. The van der Waals surface area contributed by atoms with Crippen molar-refractivity contribution in [1.82, 2.24) is 5.32 Å². The van der Waals surface area contributed by atoms with Crippen molar-refractivity contribution in [3.63, 3.8) is 0 Å². The lowest BCUT2D eigenvalue weighted by atomic mass is 10.1. The Morgan fingerprint density at radius 3 is 3.12 bits per heavy atom. The summed E-state index contributed by atoms with van der Waals surface area (Å²) in [6.45, 7) is 2.82. The maximum atomic E-state index is 11.4. The molecule has 0 radical (unpaired) electrons. The molecule has 0 saturated carbocycles. The Bertz CT molecular complexity index is 446. The van der Waals surface area contributed by atoms with E-state index < -0.39 is 6.04 Å². The highest BCUT2D eigenvalue weighted by atomic mass is 79.9. The van der Waals surface area contributed by atoms with Gasteiger partial charge in [-0.25, -0.2) is 0 Å². The Morgan fingerprint density at radius 2 is 2.41 bits per heavy atom. The molecule has 5 heteroatoms. The molecule has 3 N–H and O–H groups in total. The van der Waals surface area contributed by atoms with E-state index in [1.807, 2.05) is 6.07 Å². The average molecular weight is 299 g/mol. The third-order valence-electron chi connectivity index (χ3n) is 2.69. The van der Waals surface area contributed by atoms with E-state index in [1.165, 1.54) is 5.56 Å². The van der Waals surface area contributed by atoms with Crippen LogP contribution in [0.1, 0.15) is 18.1 Å². The zero-order chi connectivity index (χ0) is 12.4. The maximum Gasteiger partial charge on any atom is 0.236 e. The number of benzene rings is 1. The molecular weight excluding hydrogens is 284 g/mol. The first-order valence-corrected chi connectivity index (χ1v) is 6.34. The van der Waals surface area contributed by atoms with Gasteiger partial charge < -0.3 is 15.8 Å². The Hall–Kier alpha value is -1.07. The molecule has 0 fully saturated rings. The highest BCUT2D eigenvalue weighted by Gasteiger charge is 2.18. The van der Waals surface area contributed by atoms with Gasteiger partial charge in [-0.05, 0) is 24.6 Å². The molecule has 0 aliphatic carbocycles. The van der Waals surface area contributed by atoms with Gasteiger partial charge in [-0.1, -0.05) is 15.9 Å². The lowest BCUT2D eigenvalue weighted by Crippen LogP contribution is -2.37. The highest BCUT2D eigenvalue weighted by molar-refractivity contribution is 9.10. The molecule has 1 amide bonds. The van der Waals surface area contributed by atoms with Crippen molar-refractivity contribution in [2.24, 2.45) is 5.73 Å². The van der Waals surface area contributed by atoms with E-state index in [2.05, 4.69) is 27.3 Å². The van der Waals surface area contributed by atoms with Gasteiger partial charge >= 0.3 is 0 Å². The van der Waals surface area contributed by atoms with Crippen molar-refractivity contribution < 1.29 is 9.53 Å². The summed E-state index contributed by atoms with van der Waals surface area (Å²) in [6.07, 6.45) is 0.920. The second kappa shape index (κ2) is 5.06. The molecule has 4 nitrogen and oxygen atoms in total. The van der Waals surface area contributed by atoms with Crippen LogP contribution in [-0.2, 0) is 17.8 Å². The first-order valence-electron chi connectivity index (χ1n) is 5.55. The first-order chi connectivity index (χ1) is 8.08. The first kappa shape index (κ1) is 12.4. The molecule has 1 aliphatic rings. The molecule has 0 spiro atoms. The lowest BCUT2D eigenvalue weighted by Gasteiger charge is -2.11. The molecule has 92 valence electrons. The predicted octanol–water partition coefficient (Wildman–Crippen LogP) is 1.35. The fraction of sp³-hybridized carbons (Fsp3) is 0.417. The summed E-state index contributed by atoms with van der Waals surface area (Å²) < 4.78 is 6.58. The molecule has 2 rings (SSSR count). The Morgan fingerprint density at radius 1 is 1.65 bits per heavy atom. The number of carbonyl (C=O) groups is 1. The molecule has 1 aromatic rings. The van der Waals surface area contributed by atoms with Crippen molar-refractivity contribution in [2.45, 2.75) is 25.9 Å². The number of hydrogen-bond acceptors (Lipinski definition) is 3. The quantitative estimate of drug-likeness (QED) is 0.885. The topological polar surface area (TPSA) is 64.4 Å². The molecule has 0 bridgehead atoms. The maximum absolute atomic E-state index is 11.4. The number of nitrogens with two attached hydrogens (primary N) is 1. The number of hydrogen-bond donors (Lipinski definition) is 2. The lowest BCUT2D eigenvalue weighted by molar-refractivity contribution is -0.122. The minimum absolute atomic E-state index is 0.156. The fourth-order valence-corrected chi connectivity index (χ4v) is 2.37. The van der Waals surface area contributed by atoms with Gasteiger partial charge in [-0.15, -0.1) is 0 Å². The summed E-state index contributed by atoms with van der Waals surface area (Å²) in [5, 5.41) is 2.79. The van der Waals surface area contributed by atoms with Gasteiger partial charge in [-0.2, -0.15) is 0 Å². The van der Waals surface area contributed by atoms with E-state index in [4.69, 9.17) is 10.5 Å². The highest BCUT2D eigenvalue weighted by Crippen LogP contribution is 2.32. The summed E-state index contributed by atoms with van der Waals surface area (Å²) in [5.41, 5.74) is 7.66. The van der Waals surface area contributed by atoms with E-state index in [1.54, 1.807) is 6.92 Å². The van der Waals surface area contributed by atoms with Crippen LogP contribution in [-0.4, -0.2) is 18.6 Å². The number of fused-ring (bicyclic) bond motifs is 1.